The highest BCUT2D eigenvalue weighted by atomic mass is 32.1. The van der Waals surface area contributed by atoms with E-state index in [2.05, 4.69) is 11.4 Å². The summed E-state index contributed by atoms with van der Waals surface area (Å²) < 4.78 is 11.0. The van der Waals surface area contributed by atoms with Gasteiger partial charge in [-0.3, -0.25) is 0 Å². The molecule has 1 atom stereocenters. The monoisotopic (exact) mass is 346 g/mol. The molecule has 1 aliphatic rings. The molecule has 2 heterocycles. The number of carbonyl (C=O) groups is 1. The molecule has 0 saturated heterocycles. The molecule has 128 valence electrons. The average Bonchev–Trinajstić information content (AvgIpc) is 3.25. The van der Waals surface area contributed by atoms with Gasteiger partial charge in [-0.2, -0.15) is 0 Å². The number of rotatable bonds is 7. The number of methoxy groups -OCH3 is 1. The number of ether oxygens (including phenoxy) is 2. The van der Waals surface area contributed by atoms with E-state index in [1.165, 1.54) is 5.56 Å². The Labute approximate surface area is 146 Å². The van der Waals surface area contributed by atoms with Crippen LogP contribution in [0.5, 0.6) is 5.75 Å². The quantitative estimate of drug-likeness (QED) is 0.839. The summed E-state index contributed by atoms with van der Waals surface area (Å²) in [7, 11) is 1.64. The Hall–Kier alpha value is -2.05. The molecular formula is C18H22N2O3S. The maximum Gasteiger partial charge on any atom is 0.317 e. The van der Waals surface area contributed by atoms with Crippen molar-refractivity contribution >= 4 is 17.4 Å². The molecule has 1 aromatic carbocycles. The van der Waals surface area contributed by atoms with Crippen LogP contribution in [-0.4, -0.2) is 43.8 Å². The number of hydrogen-bond donors (Lipinski definition) is 1. The molecule has 3 rings (SSSR count). The van der Waals surface area contributed by atoms with Crippen molar-refractivity contribution in [2.75, 3.05) is 26.8 Å². The van der Waals surface area contributed by atoms with Crippen molar-refractivity contribution < 1.29 is 14.3 Å². The summed E-state index contributed by atoms with van der Waals surface area (Å²) in [4.78, 5) is 15.4. The maximum atomic E-state index is 12.5. The Balaban J connectivity index is 1.52. The lowest BCUT2D eigenvalue weighted by molar-refractivity contribution is 0.143. The van der Waals surface area contributed by atoms with Crippen molar-refractivity contribution in [1.29, 1.82) is 0 Å². The molecule has 2 amide bonds. The molecule has 0 radical (unpaired) electrons. The van der Waals surface area contributed by atoms with Gasteiger partial charge in [-0.1, -0.05) is 24.3 Å². The molecule has 0 spiro atoms. The molecule has 0 aliphatic carbocycles. The van der Waals surface area contributed by atoms with Gasteiger partial charge in [-0.05, 0) is 23.1 Å². The lowest BCUT2D eigenvalue weighted by Crippen LogP contribution is -2.44. The number of benzene rings is 1. The largest absolute Gasteiger partial charge is 0.488 e. The van der Waals surface area contributed by atoms with Gasteiger partial charge in [0.2, 0.25) is 0 Å². The van der Waals surface area contributed by atoms with E-state index in [0.717, 1.165) is 17.0 Å². The minimum Gasteiger partial charge on any atom is -0.488 e. The second kappa shape index (κ2) is 8.17. The first-order valence-electron chi connectivity index (χ1n) is 8.05. The standard InChI is InChI=1S/C18H22N2O3S/c1-22-9-8-20(13-16-6-4-10-24-16)18(21)19-12-15-11-14-5-2-3-7-17(14)23-15/h2-7,10,15H,8-9,11-13H2,1H3,(H,19,21)/t15-/m1/s1. The smallest absolute Gasteiger partial charge is 0.317 e. The molecule has 0 fully saturated rings. The highest BCUT2D eigenvalue weighted by Gasteiger charge is 2.23. The molecule has 1 N–H and O–H groups in total. The van der Waals surface area contributed by atoms with E-state index >= 15 is 0 Å². The van der Waals surface area contributed by atoms with Crippen LogP contribution in [0.1, 0.15) is 10.4 Å². The third kappa shape index (κ3) is 4.27. The number of thiophene rings is 1. The summed E-state index contributed by atoms with van der Waals surface area (Å²) in [6.07, 6.45) is 0.830. The third-order valence-corrected chi connectivity index (χ3v) is 4.84. The van der Waals surface area contributed by atoms with E-state index in [4.69, 9.17) is 9.47 Å². The molecule has 24 heavy (non-hydrogen) atoms. The van der Waals surface area contributed by atoms with Gasteiger partial charge in [0.05, 0.1) is 19.7 Å². The van der Waals surface area contributed by atoms with Crippen LogP contribution < -0.4 is 10.1 Å². The van der Waals surface area contributed by atoms with Crippen molar-refractivity contribution in [1.82, 2.24) is 10.2 Å². The van der Waals surface area contributed by atoms with Gasteiger partial charge < -0.3 is 19.7 Å². The number of amides is 2. The second-order valence-corrected chi connectivity index (χ2v) is 6.76. The minimum absolute atomic E-state index is 0.00244. The van der Waals surface area contributed by atoms with Gasteiger partial charge in [-0.15, -0.1) is 11.3 Å². The van der Waals surface area contributed by atoms with Crippen LogP contribution in [0.2, 0.25) is 0 Å². The zero-order valence-corrected chi connectivity index (χ0v) is 14.6. The van der Waals surface area contributed by atoms with Crippen LogP contribution in [0, 0.1) is 0 Å². The van der Waals surface area contributed by atoms with Gasteiger partial charge in [0.25, 0.3) is 0 Å². The number of hydrogen-bond acceptors (Lipinski definition) is 4. The van der Waals surface area contributed by atoms with Crippen LogP contribution in [0.3, 0.4) is 0 Å². The Morgan fingerprint density at radius 2 is 2.25 bits per heavy atom. The molecule has 0 unspecified atom stereocenters. The first kappa shape index (κ1) is 16.8. The predicted molar refractivity (Wildman–Crippen MR) is 94.6 cm³/mol. The van der Waals surface area contributed by atoms with Gasteiger partial charge in [-0.25, -0.2) is 4.79 Å². The Kier molecular flexibility index (Phi) is 5.72. The van der Waals surface area contributed by atoms with E-state index in [1.807, 2.05) is 35.7 Å². The summed E-state index contributed by atoms with van der Waals surface area (Å²) in [5.41, 5.74) is 1.20. The van der Waals surface area contributed by atoms with Crippen LogP contribution in [0.4, 0.5) is 4.79 Å². The number of carbonyl (C=O) groups excluding carboxylic acids is 1. The fourth-order valence-corrected chi connectivity index (χ4v) is 3.44. The fraction of sp³-hybridized carbons (Fsp3) is 0.389. The summed E-state index contributed by atoms with van der Waals surface area (Å²) in [5, 5.41) is 5.01. The lowest BCUT2D eigenvalue weighted by atomic mass is 10.1. The van der Waals surface area contributed by atoms with Gasteiger partial charge in [0, 0.05) is 25.0 Å². The summed E-state index contributed by atoms with van der Waals surface area (Å²) in [6.45, 7) is 2.18. The SMILES string of the molecule is COCCN(Cc1cccs1)C(=O)NC[C@H]1Cc2ccccc2O1. The van der Waals surface area contributed by atoms with Crippen molar-refractivity contribution in [2.45, 2.75) is 19.1 Å². The first-order valence-corrected chi connectivity index (χ1v) is 8.93. The molecule has 1 aliphatic heterocycles. The van der Waals surface area contributed by atoms with E-state index in [9.17, 15) is 4.79 Å². The predicted octanol–water partition coefficient (Wildman–Crippen LogP) is 2.91. The zero-order valence-electron chi connectivity index (χ0n) is 13.7. The molecule has 0 saturated carbocycles. The van der Waals surface area contributed by atoms with Gasteiger partial charge in [0.15, 0.2) is 0 Å². The minimum atomic E-state index is -0.0833. The molecule has 0 bridgehead atoms. The van der Waals surface area contributed by atoms with Gasteiger partial charge in [0.1, 0.15) is 11.9 Å². The lowest BCUT2D eigenvalue weighted by Gasteiger charge is -2.23. The normalized spacial score (nSPS) is 15.6. The topological polar surface area (TPSA) is 50.8 Å². The summed E-state index contributed by atoms with van der Waals surface area (Å²) >= 11 is 1.65. The zero-order chi connectivity index (χ0) is 16.8. The van der Waals surface area contributed by atoms with Crippen LogP contribution in [0.25, 0.3) is 0 Å². The third-order valence-electron chi connectivity index (χ3n) is 3.97. The Morgan fingerprint density at radius 1 is 1.38 bits per heavy atom. The van der Waals surface area contributed by atoms with Crippen molar-refractivity contribution in [3.05, 3.63) is 52.2 Å². The summed E-state index contributed by atoms with van der Waals surface area (Å²) in [5.74, 6) is 0.923. The van der Waals surface area contributed by atoms with E-state index in [1.54, 1.807) is 23.3 Å². The number of urea groups is 1. The van der Waals surface area contributed by atoms with Crippen LogP contribution in [-0.2, 0) is 17.7 Å². The Bertz CT molecular complexity index is 635. The molecule has 6 heteroatoms. The second-order valence-electron chi connectivity index (χ2n) is 5.73. The number of fused-ring (bicyclic) bond motifs is 1. The number of nitrogens with zero attached hydrogens (tertiary/aromatic N) is 1. The number of para-hydroxylation sites is 1. The highest BCUT2D eigenvalue weighted by molar-refractivity contribution is 7.09. The van der Waals surface area contributed by atoms with Crippen LogP contribution in [0.15, 0.2) is 41.8 Å². The van der Waals surface area contributed by atoms with Gasteiger partial charge >= 0.3 is 6.03 Å². The van der Waals surface area contributed by atoms with Crippen molar-refractivity contribution in [3.8, 4) is 5.75 Å². The van der Waals surface area contributed by atoms with Crippen molar-refractivity contribution in [3.63, 3.8) is 0 Å². The summed E-state index contributed by atoms with van der Waals surface area (Å²) in [6, 6.07) is 12.0. The number of nitrogens with one attached hydrogen (secondary N) is 1. The first-order chi connectivity index (χ1) is 11.8. The highest BCUT2D eigenvalue weighted by Crippen LogP contribution is 2.27. The van der Waals surface area contributed by atoms with E-state index in [0.29, 0.717) is 26.2 Å². The Morgan fingerprint density at radius 3 is 3.00 bits per heavy atom. The van der Waals surface area contributed by atoms with Crippen LogP contribution >= 0.6 is 11.3 Å². The molecule has 1 aromatic heterocycles. The van der Waals surface area contributed by atoms with E-state index in [-0.39, 0.29) is 12.1 Å². The molecule has 5 nitrogen and oxygen atoms in total. The molecule has 2 aromatic rings. The molecular weight excluding hydrogens is 324 g/mol. The fourth-order valence-electron chi connectivity index (χ4n) is 2.73. The average molecular weight is 346 g/mol. The maximum absolute atomic E-state index is 12.5. The van der Waals surface area contributed by atoms with Crippen molar-refractivity contribution in [2.24, 2.45) is 0 Å². The van der Waals surface area contributed by atoms with E-state index < -0.39 is 0 Å².